The summed E-state index contributed by atoms with van der Waals surface area (Å²) in [6, 6.07) is 0. The standard InChI is InChI=1S/C11H18N2.2C2H6/c1-6-9-10(7-2)12-8(3)13-11(9,4)5;2*1-2/h6-7H,1-5H3,(H,12,13);2*1-2H3/b9-6+,10-7+;;. The normalized spacial score (nSPS) is 21.6. The Balaban J connectivity index is 0. The van der Waals surface area contributed by atoms with E-state index in [0.29, 0.717) is 0 Å². The maximum absolute atomic E-state index is 4.56. The summed E-state index contributed by atoms with van der Waals surface area (Å²) in [6.45, 7) is 18.4. The summed E-state index contributed by atoms with van der Waals surface area (Å²) in [5.74, 6) is 0.990. The first-order valence-electron chi connectivity index (χ1n) is 6.68. The van der Waals surface area contributed by atoms with Crippen molar-refractivity contribution in [2.24, 2.45) is 4.99 Å². The lowest BCUT2D eigenvalue weighted by molar-refractivity contribution is 0.594. The fourth-order valence-corrected chi connectivity index (χ4v) is 1.84. The van der Waals surface area contributed by atoms with Crippen molar-refractivity contribution in [3.63, 3.8) is 0 Å². The van der Waals surface area contributed by atoms with Crippen molar-refractivity contribution in [3.05, 3.63) is 23.4 Å². The summed E-state index contributed by atoms with van der Waals surface area (Å²) in [4.78, 5) is 4.56. The average molecular weight is 238 g/mol. The molecule has 0 bridgehead atoms. The fourth-order valence-electron chi connectivity index (χ4n) is 1.84. The molecule has 0 saturated carbocycles. The van der Waals surface area contributed by atoms with Crippen LogP contribution in [0.3, 0.4) is 0 Å². The Morgan fingerprint density at radius 3 is 1.82 bits per heavy atom. The summed E-state index contributed by atoms with van der Waals surface area (Å²) in [5, 5.41) is 3.27. The zero-order chi connectivity index (χ0) is 14.1. The van der Waals surface area contributed by atoms with Gasteiger partial charge in [0.1, 0.15) is 0 Å². The maximum atomic E-state index is 4.56. The number of aliphatic imine (C=N–C) groups is 1. The number of nitrogens with one attached hydrogen (secondary N) is 1. The molecule has 0 aliphatic carbocycles. The van der Waals surface area contributed by atoms with E-state index >= 15 is 0 Å². The molecular weight excluding hydrogens is 208 g/mol. The molecule has 0 radical (unpaired) electrons. The van der Waals surface area contributed by atoms with Gasteiger partial charge in [-0.3, -0.25) is 4.99 Å². The van der Waals surface area contributed by atoms with Crippen molar-refractivity contribution in [1.29, 1.82) is 0 Å². The van der Waals surface area contributed by atoms with Crippen LogP contribution in [0.15, 0.2) is 28.4 Å². The van der Waals surface area contributed by atoms with Crippen molar-refractivity contribution in [2.45, 2.75) is 67.9 Å². The summed E-state index contributed by atoms with van der Waals surface area (Å²) in [6.07, 6.45) is 4.22. The highest BCUT2D eigenvalue weighted by Gasteiger charge is 2.28. The van der Waals surface area contributed by atoms with Crippen molar-refractivity contribution in [1.82, 2.24) is 5.32 Å². The molecule has 0 unspecified atom stereocenters. The van der Waals surface area contributed by atoms with Crippen molar-refractivity contribution in [2.75, 3.05) is 0 Å². The Labute approximate surface area is 108 Å². The molecule has 0 spiro atoms. The van der Waals surface area contributed by atoms with E-state index in [0.717, 1.165) is 5.84 Å². The van der Waals surface area contributed by atoms with E-state index < -0.39 is 0 Å². The van der Waals surface area contributed by atoms with Gasteiger partial charge in [0, 0.05) is 5.70 Å². The summed E-state index contributed by atoms with van der Waals surface area (Å²) < 4.78 is 0. The summed E-state index contributed by atoms with van der Waals surface area (Å²) in [5.41, 5.74) is 2.35. The highest BCUT2D eigenvalue weighted by atomic mass is 15.1. The Morgan fingerprint density at radius 2 is 1.47 bits per heavy atom. The molecule has 1 N–H and O–H groups in total. The Morgan fingerprint density at radius 1 is 1.00 bits per heavy atom. The zero-order valence-corrected chi connectivity index (χ0v) is 13.1. The minimum atomic E-state index is -0.0913. The second-order valence-corrected chi connectivity index (χ2v) is 3.79. The molecule has 0 aromatic heterocycles. The van der Waals surface area contributed by atoms with Gasteiger partial charge < -0.3 is 5.32 Å². The van der Waals surface area contributed by atoms with Crippen molar-refractivity contribution in [3.8, 4) is 0 Å². The van der Waals surface area contributed by atoms with Crippen LogP contribution in [0.2, 0.25) is 0 Å². The molecule has 1 heterocycles. The first-order chi connectivity index (χ1) is 8.01. The van der Waals surface area contributed by atoms with Crippen LogP contribution in [0, 0.1) is 0 Å². The highest BCUT2D eigenvalue weighted by Crippen LogP contribution is 2.29. The van der Waals surface area contributed by atoms with Crippen molar-refractivity contribution >= 4 is 5.84 Å². The molecule has 1 aliphatic rings. The van der Waals surface area contributed by atoms with Crippen LogP contribution in [0.1, 0.15) is 62.3 Å². The van der Waals surface area contributed by atoms with Gasteiger partial charge in [0.25, 0.3) is 0 Å². The first-order valence-corrected chi connectivity index (χ1v) is 6.68. The number of allylic oxidation sites excluding steroid dienone is 2. The summed E-state index contributed by atoms with van der Waals surface area (Å²) >= 11 is 0. The Hall–Kier alpha value is -1.05. The SMILES string of the molecule is C/C=C1/NC(C)=NC(C)(C)/C1=C/C.CC.CC. The Bertz CT molecular complexity index is 294. The molecule has 2 heteroatoms. The van der Waals surface area contributed by atoms with Crippen LogP contribution in [-0.4, -0.2) is 11.4 Å². The van der Waals surface area contributed by atoms with E-state index in [-0.39, 0.29) is 5.54 Å². The third-order valence-electron chi connectivity index (χ3n) is 2.29. The molecule has 0 aromatic rings. The van der Waals surface area contributed by atoms with E-state index in [2.05, 4.69) is 43.2 Å². The number of amidine groups is 1. The smallest absolute Gasteiger partial charge is 0.0986 e. The lowest BCUT2D eigenvalue weighted by atomic mass is 9.90. The molecular formula is C15H30N2. The molecule has 1 aliphatic heterocycles. The second kappa shape index (κ2) is 9.03. The van der Waals surface area contributed by atoms with Crippen LogP contribution in [0.25, 0.3) is 0 Å². The van der Waals surface area contributed by atoms with Crippen molar-refractivity contribution < 1.29 is 0 Å². The predicted octanol–water partition coefficient (Wildman–Crippen LogP) is 4.69. The van der Waals surface area contributed by atoms with Gasteiger partial charge in [0.2, 0.25) is 0 Å². The first kappa shape index (κ1) is 18.3. The molecule has 0 aromatic carbocycles. The van der Waals surface area contributed by atoms with Crippen LogP contribution in [-0.2, 0) is 0 Å². The molecule has 100 valence electrons. The molecule has 2 nitrogen and oxygen atoms in total. The quantitative estimate of drug-likeness (QED) is 0.650. The zero-order valence-electron chi connectivity index (χ0n) is 13.1. The highest BCUT2D eigenvalue weighted by molar-refractivity contribution is 5.84. The van der Waals surface area contributed by atoms with E-state index in [9.17, 15) is 0 Å². The average Bonchev–Trinajstić information content (AvgIpc) is 2.32. The molecule has 1 rings (SSSR count). The molecule has 17 heavy (non-hydrogen) atoms. The van der Waals surface area contributed by atoms with Gasteiger partial charge in [-0.15, -0.1) is 0 Å². The van der Waals surface area contributed by atoms with Gasteiger partial charge in [-0.05, 0) is 40.2 Å². The van der Waals surface area contributed by atoms with E-state index in [1.54, 1.807) is 0 Å². The van der Waals surface area contributed by atoms with Gasteiger partial charge in [0.05, 0.1) is 11.4 Å². The second-order valence-electron chi connectivity index (χ2n) is 3.79. The van der Waals surface area contributed by atoms with Gasteiger partial charge in [-0.1, -0.05) is 39.8 Å². The van der Waals surface area contributed by atoms with E-state index in [4.69, 9.17) is 0 Å². The van der Waals surface area contributed by atoms with Crippen LogP contribution in [0.5, 0.6) is 0 Å². The minimum Gasteiger partial charge on any atom is -0.344 e. The molecule has 0 saturated heterocycles. The van der Waals surface area contributed by atoms with E-state index in [1.165, 1.54) is 11.3 Å². The van der Waals surface area contributed by atoms with Gasteiger partial charge in [-0.25, -0.2) is 0 Å². The lowest BCUT2D eigenvalue weighted by Gasteiger charge is -2.32. The maximum Gasteiger partial charge on any atom is 0.0986 e. The fraction of sp³-hybridized carbons (Fsp3) is 0.667. The molecule has 0 fully saturated rings. The number of rotatable bonds is 0. The lowest BCUT2D eigenvalue weighted by Crippen LogP contribution is -2.37. The number of hydrogen-bond acceptors (Lipinski definition) is 2. The van der Waals surface area contributed by atoms with Crippen LogP contribution in [0.4, 0.5) is 0 Å². The van der Waals surface area contributed by atoms with Crippen LogP contribution < -0.4 is 5.32 Å². The van der Waals surface area contributed by atoms with E-state index in [1.807, 2.05) is 41.5 Å². The predicted molar refractivity (Wildman–Crippen MR) is 80.5 cm³/mol. The third kappa shape index (κ3) is 5.20. The van der Waals surface area contributed by atoms with Gasteiger partial charge in [-0.2, -0.15) is 0 Å². The number of nitrogens with zero attached hydrogens (tertiary/aromatic N) is 1. The summed E-state index contributed by atoms with van der Waals surface area (Å²) in [7, 11) is 0. The molecule has 0 atom stereocenters. The minimum absolute atomic E-state index is 0.0913. The molecule has 0 amide bonds. The van der Waals surface area contributed by atoms with Gasteiger partial charge >= 0.3 is 0 Å². The Kier molecular flexibility index (Phi) is 9.73. The number of hydrogen-bond donors (Lipinski definition) is 1. The third-order valence-corrected chi connectivity index (χ3v) is 2.29. The van der Waals surface area contributed by atoms with Crippen LogP contribution >= 0.6 is 0 Å². The monoisotopic (exact) mass is 238 g/mol. The van der Waals surface area contributed by atoms with Gasteiger partial charge in [0.15, 0.2) is 0 Å². The largest absolute Gasteiger partial charge is 0.344 e. The topological polar surface area (TPSA) is 24.4 Å².